The summed E-state index contributed by atoms with van der Waals surface area (Å²) in [5.74, 6) is -0.616. The van der Waals surface area contributed by atoms with Gasteiger partial charge in [0.15, 0.2) is 0 Å². The van der Waals surface area contributed by atoms with Crippen LogP contribution in [-0.4, -0.2) is 10.9 Å². The molecular weight excluding hydrogens is 305 g/mol. The highest BCUT2D eigenvalue weighted by Crippen LogP contribution is 2.18. The van der Waals surface area contributed by atoms with Crippen LogP contribution in [0, 0.1) is 12.7 Å². The van der Waals surface area contributed by atoms with Gasteiger partial charge in [-0.25, -0.2) is 4.39 Å². The second-order valence-electron chi connectivity index (χ2n) is 5.39. The number of amides is 1. The predicted octanol–water partition coefficient (Wildman–Crippen LogP) is 3.59. The van der Waals surface area contributed by atoms with Gasteiger partial charge in [-0.15, -0.1) is 0 Å². The van der Waals surface area contributed by atoms with Gasteiger partial charge in [-0.05, 0) is 48.9 Å². The Bertz CT molecular complexity index is 920. The van der Waals surface area contributed by atoms with Gasteiger partial charge in [0.25, 0.3) is 5.91 Å². The average Bonchev–Trinajstić information content (AvgIpc) is 2.59. The van der Waals surface area contributed by atoms with E-state index < -0.39 is 0 Å². The lowest BCUT2D eigenvalue weighted by molar-refractivity contribution is 0.0944. The molecule has 24 heavy (non-hydrogen) atoms. The van der Waals surface area contributed by atoms with Crippen molar-refractivity contribution < 1.29 is 9.18 Å². The largest absolute Gasteiger partial charge is 0.298 e. The molecule has 0 saturated carbocycles. The monoisotopic (exact) mass is 321 g/mol. The van der Waals surface area contributed by atoms with Crippen LogP contribution in [0.1, 0.15) is 21.6 Å². The molecule has 0 bridgehead atoms. The zero-order valence-corrected chi connectivity index (χ0v) is 13.1. The van der Waals surface area contributed by atoms with E-state index in [0.29, 0.717) is 16.8 Å². The number of benzene rings is 2. The van der Waals surface area contributed by atoms with Gasteiger partial charge >= 0.3 is 0 Å². The number of nitrogens with one attached hydrogen (secondary N) is 2. The molecule has 5 heteroatoms. The molecule has 2 aromatic carbocycles. The van der Waals surface area contributed by atoms with Gasteiger partial charge in [0.05, 0.1) is 16.8 Å². The van der Waals surface area contributed by atoms with Crippen molar-refractivity contribution >= 4 is 22.5 Å². The van der Waals surface area contributed by atoms with Gasteiger partial charge in [-0.2, -0.15) is 0 Å². The first-order valence-corrected chi connectivity index (χ1v) is 7.42. The Morgan fingerprint density at radius 2 is 1.79 bits per heavy atom. The van der Waals surface area contributed by atoms with Crippen molar-refractivity contribution in [2.24, 2.45) is 0 Å². The van der Waals surface area contributed by atoms with Crippen LogP contribution in [0.3, 0.4) is 0 Å². The maximum Gasteiger partial charge on any atom is 0.270 e. The summed E-state index contributed by atoms with van der Waals surface area (Å²) in [5, 5.41) is 0.773. The maximum atomic E-state index is 12.9. The Kier molecular flexibility index (Phi) is 4.24. The molecule has 1 aromatic heterocycles. The number of aryl methyl sites for hydroxylation is 1. The fourth-order valence-corrected chi connectivity index (χ4v) is 2.42. The van der Waals surface area contributed by atoms with Crippen molar-refractivity contribution in [3.05, 3.63) is 83.8 Å². The molecule has 3 rings (SSSR count). The third-order valence-electron chi connectivity index (χ3n) is 3.61. The molecule has 0 unspecified atom stereocenters. The molecule has 0 fully saturated rings. The third-order valence-corrected chi connectivity index (χ3v) is 3.61. The van der Waals surface area contributed by atoms with Crippen molar-refractivity contribution in [2.45, 2.75) is 6.92 Å². The van der Waals surface area contributed by atoms with Gasteiger partial charge in [0.2, 0.25) is 0 Å². The van der Waals surface area contributed by atoms with E-state index in [2.05, 4.69) is 22.4 Å². The van der Waals surface area contributed by atoms with Gasteiger partial charge in [0, 0.05) is 11.1 Å². The summed E-state index contributed by atoms with van der Waals surface area (Å²) in [6, 6.07) is 15.0. The van der Waals surface area contributed by atoms with E-state index in [9.17, 15) is 9.18 Å². The first-order valence-electron chi connectivity index (χ1n) is 7.42. The zero-order chi connectivity index (χ0) is 17.1. The number of hydrogen-bond acceptors (Lipinski definition) is 3. The summed E-state index contributed by atoms with van der Waals surface area (Å²) >= 11 is 0. The summed E-state index contributed by atoms with van der Waals surface area (Å²) in [6.45, 7) is 5.68. The smallest absolute Gasteiger partial charge is 0.270 e. The first kappa shape index (κ1) is 15.7. The molecule has 2 N–H and O–H groups in total. The molecule has 0 spiro atoms. The molecule has 0 saturated heterocycles. The van der Waals surface area contributed by atoms with E-state index in [0.717, 1.165) is 16.6 Å². The second-order valence-corrected chi connectivity index (χ2v) is 5.39. The van der Waals surface area contributed by atoms with Gasteiger partial charge in [-0.3, -0.25) is 20.6 Å². The molecule has 0 atom stereocenters. The minimum Gasteiger partial charge on any atom is -0.298 e. The number of halogens is 1. The zero-order valence-electron chi connectivity index (χ0n) is 13.1. The van der Waals surface area contributed by atoms with Crippen molar-refractivity contribution in [3.63, 3.8) is 0 Å². The van der Waals surface area contributed by atoms with E-state index in [1.807, 2.05) is 31.2 Å². The Hall–Kier alpha value is -3.21. The molecule has 4 nitrogen and oxygen atoms in total. The number of nitrogens with zero attached hydrogens (tertiary/aromatic N) is 1. The summed E-state index contributed by atoms with van der Waals surface area (Å²) in [5.41, 5.74) is 8.59. The predicted molar refractivity (Wildman–Crippen MR) is 92.5 cm³/mol. The molecule has 0 aliphatic rings. The number of rotatable bonds is 4. The number of aromatic nitrogens is 1. The standard InChI is InChI=1S/C19H16FN3O/c1-12-11-17(16-5-3-4-6-18(16)21-12)19(24)23-22-13(2)14-7-9-15(20)10-8-14/h3-11,22H,2H2,1H3,(H,23,24). The number of pyridine rings is 1. The van der Waals surface area contributed by atoms with Crippen LogP contribution in [0.4, 0.5) is 4.39 Å². The number of hydrazine groups is 1. The molecular formula is C19H16FN3O. The molecule has 120 valence electrons. The second kappa shape index (κ2) is 6.50. The van der Waals surface area contributed by atoms with Crippen molar-refractivity contribution in [2.75, 3.05) is 0 Å². The quantitative estimate of drug-likeness (QED) is 0.722. The van der Waals surface area contributed by atoms with Gasteiger partial charge in [-0.1, -0.05) is 24.8 Å². The normalized spacial score (nSPS) is 10.4. The SMILES string of the molecule is C=C(NNC(=O)c1cc(C)nc2ccccc12)c1ccc(F)cc1. The molecule has 1 amide bonds. The van der Waals surface area contributed by atoms with Crippen molar-refractivity contribution in [1.82, 2.24) is 15.8 Å². The third kappa shape index (κ3) is 3.25. The number of carbonyl (C=O) groups excluding carboxylic acids is 1. The first-order chi connectivity index (χ1) is 11.5. The van der Waals surface area contributed by atoms with Crippen molar-refractivity contribution in [1.29, 1.82) is 0 Å². The van der Waals surface area contributed by atoms with E-state index in [1.54, 1.807) is 18.2 Å². The van der Waals surface area contributed by atoms with Crippen LogP contribution >= 0.6 is 0 Å². The maximum absolute atomic E-state index is 12.9. The van der Waals surface area contributed by atoms with Gasteiger partial charge < -0.3 is 0 Å². The van der Waals surface area contributed by atoms with Crippen LogP contribution in [0.5, 0.6) is 0 Å². The molecule has 0 aliphatic carbocycles. The van der Waals surface area contributed by atoms with Gasteiger partial charge in [0.1, 0.15) is 5.82 Å². The summed E-state index contributed by atoms with van der Waals surface area (Å²) in [6.07, 6.45) is 0. The van der Waals surface area contributed by atoms with Crippen LogP contribution in [0.2, 0.25) is 0 Å². The lowest BCUT2D eigenvalue weighted by Crippen LogP contribution is -2.36. The van der Waals surface area contributed by atoms with E-state index in [1.165, 1.54) is 12.1 Å². The van der Waals surface area contributed by atoms with Crippen LogP contribution < -0.4 is 10.9 Å². The van der Waals surface area contributed by atoms with Crippen LogP contribution in [0.15, 0.2) is 61.2 Å². The topological polar surface area (TPSA) is 54.0 Å². The van der Waals surface area contributed by atoms with Crippen molar-refractivity contribution in [3.8, 4) is 0 Å². The Labute approximate surface area is 139 Å². The fourth-order valence-electron chi connectivity index (χ4n) is 2.42. The number of hydrogen-bond donors (Lipinski definition) is 2. The number of fused-ring (bicyclic) bond motifs is 1. The minimum atomic E-state index is -0.325. The molecule has 1 heterocycles. The summed E-state index contributed by atoms with van der Waals surface area (Å²) in [7, 11) is 0. The Morgan fingerprint density at radius 1 is 1.08 bits per heavy atom. The van der Waals surface area contributed by atoms with E-state index in [-0.39, 0.29) is 11.7 Å². The summed E-state index contributed by atoms with van der Waals surface area (Å²) in [4.78, 5) is 16.9. The van der Waals surface area contributed by atoms with Crippen LogP contribution in [-0.2, 0) is 0 Å². The molecule has 0 aliphatic heterocycles. The minimum absolute atomic E-state index is 0.292. The summed E-state index contributed by atoms with van der Waals surface area (Å²) < 4.78 is 12.9. The molecule has 3 aromatic rings. The number of para-hydroxylation sites is 1. The van der Waals surface area contributed by atoms with E-state index in [4.69, 9.17) is 0 Å². The highest BCUT2D eigenvalue weighted by Gasteiger charge is 2.12. The lowest BCUT2D eigenvalue weighted by atomic mass is 10.1. The Balaban J connectivity index is 1.78. The highest BCUT2D eigenvalue weighted by molar-refractivity contribution is 6.06. The highest BCUT2D eigenvalue weighted by atomic mass is 19.1. The van der Waals surface area contributed by atoms with E-state index >= 15 is 0 Å². The lowest BCUT2D eigenvalue weighted by Gasteiger charge is -2.13. The Morgan fingerprint density at radius 3 is 2.54 bits per heavy atom. The molecule has 0 radical (unpaired) electrons. The fraction of sp³-hybridized carbons (Fsp3) is 0.0526. The average molecular weight is 321 g/mol. The van der Waals surface area contributed by atoms with Crippen LogP contribution in [0.25, 0.3) is 16.6 Å². The number of carbonyl (C=O) groups is 1.